The number of hydrogen-bond donors (Lipinski definition) is 3. The number of hydrogen-bond acceptors (Lipinski definition) is 9. The molecule has 2 fully saturated rings. The first kappa shape index (κ1) is 30.5. The van der Waals surface area contributed by atoms with E-state index in [1.165, 1.54) is 6.20 Å². The monoisotopic (exact) mass is 619 g/mol. The van der Waals surface area contributed by atoms with E-state index in [2.05, 4.69) is 32.1 Å². The van der Waals surface area contributed by atoms with Crippen molar-refractivity contribution in [2.24, 2.45) is 7.05 Å². The van der Waals surface area contributed by atoms with Crippen LogP contribution in [0.2, 0.25) is 0 Å². The Bertz CT molecular complexity index is 1690. The molecule has 1 aliphatic carbocycles. The van der Waals surface area contributed by atoms with Gasteiger partial charge in [-0.3, -0.25) is 14.4 Å². The van der Waals surface area contributed by atoms with E-state index in [1.54, 1.807) is 22.0 Å². The van der Waals surface area contributed by atoms with Crippen LogP contribution in [0.5, 0.6) is 0 Å². The highest BCUT2D eigenvalue weighted by Gasteiger charge is 2.31. The Morgan fingerprint density at radius 3 is 2.59 bits per heavy atom. The van der Waals surface area contributed by atoms with Crippen LogP contribution in [0.15, 0.2) is 67.3 Å². The van der Waals surface area contributed by atoms with Gasteiger partial charge in [-0.25, -0.2) is 14.8 Å². The zero-order valence-electron chi connectivity index (χ0n) is 25.8. The van der Waals surface area contributed by atoms with Crippen LogP contribution >= 0.6 is 0 Å². The first-order valence-electron chi connectivity index (χ1n) is 15.6. The van der Waals surface area contributed by atoms with Crippen molar-refractivity contribution in [2.45, 2.75) is 50.7 Å². The molecule has 2 aliphatic rings. The van der Waals surface area contributed by atoms with Crippen molar-refractivity contribution in [1.82, 2.24) is 35.4 Å². The molecule has 236 valence electrons. The smallest absolute Gasteiger partial charge is 0.323 e. The summed E-state index contributed by atoms with van der Waals surface area (Å²) < 4.78 is 1.75. The molecule has 13 heteroatoms. The minimum atomic E-state index is -0.188. The number of amides is 3. The predicted molar refractivity (Wildman–Crippen MR) is 174 cm³/mol. The highest BCUT2D eigenvalue weighted by Crippen LogP contribution is 2.30. The first-order valence-corrected chi connectivity index (χ1v) is 15.6. The van der Waals surface area contributed by atoms with E-state index in [-0.39, 0.29) is 24.0 Å². The molecule has 0 unspecified atom stereocenters. The van der Waals surface area contributed by atoms with E-state index >= 15 is 0 Å². The molecule has 1 saturated carbocycles. The molecule has 0 bridgehead atoms. The maximum absolute atomic E-state index is 13.7. The Kier molecular flexibility index (Phi) is 9.33. The highest BCUT2D eigenvalue weighted by atomic mass is 16.2. The van der Waals surface area contributed by atoms with Gasteiger partial charge < -0.3 is 20.9 Å². The average molecular weight is 620 g/mol. The number of anilines is 3. The fourth-order valence-corrected chi connectivity index (χ4v) is 5.99. The predicted octanol–water partition coefficient (Wildman–Crippen LogP) is 3.61. The van der Waals surface area contributed by atoms with E-state index in [9.17, 15) is 14.9 Å². The number of carbonyl (C=O) groups excluding carboxylic acids is 2. The molecule has 0 atom stereocenters. The fraction of sp³-hybridized carbons (Fsp3) is 0.364. The van der Waals surface area contributed by atoms with Crippen LogP contribution in [0.1, 0.15) is 43.2 Å². The molecule has 1 aromatic carbocycles. The van der Waals surface area contributed by atoms with Crippen molar-refractivity contribution in [3.8, 4) is 17.2 Å². The molecule has 0 spiro atoms. The molecule has 1 saturated heterocycles. The number of nitriles is 1. The molecule has 1 aliphatic heterocycles. The van der Waals surface area contributed by atoms with Gasteiger partial charge in [0.05, 0.1) is 12.4 Å². The number of rotatable bonds is 8. The highest BCUT2D eigenvalue weighted by molar-refractivity contribution is 5.91. The maximum Gasteiger partial charge on any atom is 0.323 e. The van der Waals surface area contributed by atoms with Gasteiger partial charge in [0.25, 0.3) is 0 Å². The molecule has 6 rings (SSSR count). The standard InChI is InChI=1S/C33H37N11O2/c1-42-22-26(21-39-42)24-7-12-29(36-19-24)44(33(46)38-18-23-5-3-2-4-6-23)28-10-8-27(9-11-28)40-32-37-20-25(17-34)31(41-32)43-15-13-30(45)35-14-16-43/h2-7,12,19-22,27-28H,8-11,13-16,18H2,1H3,(H,35,45)(H,38,46)(H,37,40,41)/t27-,28-. The lowest BCUT2D eigenvalue weighted by atomic mass is 9.90. The van der Waals surface area contributed by atoms with Crippen LogP contribution in [0.3, 0.4) is 0 Å². The maximum atomic E-state index is 13.7. The quantitative estimate of drug-likeness (QED) is 0.268. The largest absolute Gasteiger partial charge is 0.354 e. The number of urea groups is 1. The van der Waals surface area contributed by atoms with E-state index in [4.69, 9.17) is 9.97 Å². The van der Waals surface area contributed by atoms with Crippen molar-refractivity contribution in [2.75, 3.05) is 34.8 Å². The summed E-state index contributed by atoms with van der Waals surface area (Å²) in [6.07, 6.45) is 10.5. The number of aryl methyl sites for hydroxylation is 1. The zero-order chi connectivity index (χ0) is 31.9. The Balaban J connectivity index is 1.15. The third kappa shape index (κ3) is 7.23. The summed E-state index contributed by atoms with van der Waals surface area (Å²) in [5.74, 6) is 1.58. The van der Waals surface area contributed by atoms with Gasteiger partial charge in [-0.1, -0.05) is 30.3 Å². The second-order valence-electron chi connectivity index (χ2n) is 11.6. The van der Waals surface area contributed by atoms with Crippen molar-refractivity contribution in [1.29, 1.82) is 5.26 Å². The molecule has 3 N–H and O–H groups in total. The van der Waals surface area contributed by atoms with Gasteiger partial charge in [0.2, 0.25) is 11.9 Å². The number of benzene rings is 1. The lowest BCUT2D eigenvalue weighted by Crippen LogP contribution is -2.49. The number of nitrogens with one attached hydrogen (secondary N) is 3. The molecule has 4 heterocycles. The van der Waals surface area contributed by atoms with Crippen molar-refractivity contribution in [3.05, 3.63) is 78.4 Å². The topological polar surface area (TPSA) is 157 Å². The van der Waals surface area contributed by atoms with Crippen LogP contribution in [-0.4, -0.2) is 68.4 Å². The van der Waals surface area contributed by atoms with E-state index in [0.29, 0.717) is 55.7 Å². The summed E-state index contributed by atoms with van der Waals surface area (Å²) in [5.41, 5.74) is 3.29. The normalized spacial score (nSPS) is 18.2. The number of pyridine rings is 1. The summed E-state index contributed by atoms with van der Waals surface area (Å²) in [6, 6.07) is 15.8. The van der Waals surface area contributed by atoms with Gasteiger partial charge >= 0.3 is 6.03 Å². The van der Waals surface area contributed by atoms with Crippen LogP contribution in [0.25, 0.3) is 11.1 Å². The second kappa shape index (κ2) is 14.1. The van der Waals surface area contributed by atoms with Crippen LogP contribution < -0.4 is 25.8 Å². The molecular weight excluding hydrogens is 582 g/mol. The second-order valence-corrected chi connectivity index (χ2v) is 11.6. The van der Waals surface area contributed by atoms with Crippen LogP contribution in [0, 0.1) is 11.3 Å². The number of nitrogens with zero attached hydrogens (tertiary/aromatic N) is 8. The molecular formula is C33H37N11O2. The van der Waals surface area contributed by atoms with Crippen molar-refractivity contribution in [3.63, 3.8) is 0 Å². The molecule has 13 nitrogen and oxygen atoms in total. The van der Waals surface area contributed by atoms with Gasteiger partial charge in [0, 0.05) is 75.3 Å². The molecule has 46 heavy (non-hydrogen) atoms. The number of carbonyl (C=O) groups is 2. The van der Waals surface area contributed by atoms with Gasteiger partial charge in [-0.2, -0.15) is 15.3 Å². The molecule has 4 aromatic rings. The van der Waals surface area contributed by atoms with E-state index in [0.717, 1.165) is 42.4 Å². The van der Waals surface area contributed by atoms with Crippen LogP contribution in [-0.2, 0) is 18.4 Å². The summed E-state index contributed by atoms with van der Waals surface area (Å²) in [7, 11) is 1.87. The summed E-state index contributed by atoms with van der Waals surface area (Å²) >= 11 is 0. The average Bonchev–Trinajstić information content (AvgIpc) is 3.41. The Hall–Kier alpha value is -5.51. The Labute approximate surface area is 267 Å². The van der Waals surface area contributed by atoms with E-state index in [1.807, 2.05) is 60.6 Å². The lowest BCUT2D eigenvalue weighted by Gasteiger charge is -2.36. The SMILES string of the molecule is Cn1cc(-c2ccc(N(C(=O)NCc3ccccc3)[C@H]3CC[C@H](Nc4ncc(C#N)c(N5CCNC(=O)CC5)n4)CC3)nc2)cn1. The van der Waals surface area contributed by atoms with Gasteiger partial charge in [0.15, 0.2) is 5.82 Å². The zero-order valence-corrected chi connectivity index (χ0v) is 25.8. The Morgan fingerprint density at radius 1 is 1.04 bits per heavy atom. The van der Waals surface area contributed by atoms with Crippen LogP contribution in [0.4, 0.5) is 22.4 Å². The van der Waals surface area contributed by atoms with Gasteiger partial charge in [-0.05, 0) is 43.4 Å². The minimum absolute atomic E-state index is 0.00685. The Morgan fingerprint density at radius 2 is 1.87 bits per heavy atom. The third-order valence-electron chi connectivity index (χ3n) is 8.43. The van der Waals surface area contributed by atoms with Gasteiger partial charge in [0.1, 0.15) is 17.5 Å². The van der Waals surface area contributed by atoms with Crippen molar-refractivity contribution >= 4 is 29.5 Å². The summed E-state index contributed by atoms with van der Waals surface area (Å²) in [5, 5.41) is 23.3. The van der Waals surface area contributed by atoms with Crippen molar-refractivity contribution < 1.29 is 9.59 Å². The van der Waals surface area contributed by atoms with E-state index < -0.39 is 0 Å². The minimum Gasteiger partial charge on any atom is -0.354 e. The lowest BCUT2D eigenvalue weighted by molar-refractivity contribution is -0.120. The first-order chi connectivity index (χ1) is 22.5. The molecule has 3 amide bonds. The molecule has 3 aromatic heterocycles. The fourth-order valence-electron chi connectivity index (χ4n) is 5.99. The number of aromatic nitrogens is 5. The summed E-state index contributed by atoms with van der Waals surface area (Å²) in [4.78, 5) is 43.1. The molecule has 0 radical (unpaired) electrons. The van der Waals surface area contributed by atoms with Gasteiger partial charge in [-0.15, -0.1) is 0 Å². The summed E-state index contributed by atoms with van der Waals surface area (Å²) in [6.45, 7) is 1.97. The third-order valence-corrected chi connectivity index (χ3v) is 8.43.